The van der Waals surface area contributed by atoms with Crippen molar-refractivity contribution in [2.45, 2.75) is 11.4 Å². The van der Waals surface area contributed by atoms with Crippen LogP contribution in [0.5, 0.6) is 0 Å². The SMILES string of the molecule is Nc1cccc(CN2C=NS(=O)(=O)c3ccccc32)n1. The summed E-state index contributed by atoms with van der Waals surface area (Å²) >= 11 is 0. The Bertz CT molecular complexity index is 786. The van der Waals surface area contributed by atoms with Crippen LogP contribution in [0, 0.1) is 0 Å². The standard InChI is InChI=1S/C13H12N4O2S/c14-13-7-3-4-10(16-13)8-17-9-15-20(18,19)12-6-2-1-5-11(12)17/h1-7,9H,8H2,(H2,14,16). The normalized spacial score (nSPS) is 15.9. The van der Waals surface area contributed by atoms with Crippen LogP contribution in [0.2, 0.25) is 0 Å². The highest BCUT2D eigenvalue weighted by Gasteiger charge is 2.24. The molecule has 0 saturated carbocycles. The molecule has 2 aromatic rings. The highest BCUT2D eigenvalue weighted by Crippen LogP contribution is 2.29. The number of pyridine rings is 1. The first-order valence-electron chi connectivity index (χ1n) is 5.94. The molecule has 1 aliphatic rings. The van der Waals surface area contributed by atoms with Crippen molar-refractivity contribution in [3.05, 3.63) is 48.2 Å². The van der Waals surface area contributed by atoms with Crippen LogP contribution in [0.25, 0.3) is 0 Å². The molecule has 7 heteroatoms. The smallest absolute Gasteiger partial charge is 0.285 e. The second-order valence-corrected chi connectivity index (χ2v) is 5.95. The van der Waals surface area contributed by atoms with Crippen molar-refractivity contribution < 1.29 is 8.42 Å². The fraction of sp³-hybridized carbons (Fsp3) is 0.0769. The Kier molecular flexibility index (Phi) is 2.90. The number of aromatic nitrogens is 1. The van der Waals surface area contributed by atoms with E-state index in [1.54, 1.807) is 41.3 Å². The van der Waals surface area contributed by atoms with Gasteiger partial charge in [0.25, 0.3) is 10.0 Å². The minimum Gasteiger partial charge on any atom is -0.384 e. The van der Waals surface area contributed by atoms with Gasteiger partial charge in [-0.25, -0.2) is 4.98 Å². The molecular weight excluding hydrogens is 276 g/mol. The van der Waals surface area contributed by atoms with Crippen LogP contribution in [0.1, 0.15) is 5.69 Å². The number of nitrogens with zero attached hydrogens (tertiary/aromatic N) is 3. The van der Waals surface area contributed by atoms with Crippen LogP contribution in [-0.2, 0) is 16.6 Å². The van der Waals surface area contributed by atoms with Crippen LogP contribution in [-0.4, -0.2) is 19.7 Å². The third-order valence-corrected chi connectivity index (χ3v) is 4.21. The third kappa shape index (κ3) is 2.23. The molecule has 0 atom stereocenters. The van der Waals surface area contributed by atoms with Gasteiger partial charge in [0, 0.05) is 0 Å². The molecule has 0 aliphatic carbocycles. The maximum Gasteiger partial charge on any atom is 0.285 e. The number of anilines is 2. The van der Waals surface area contributed by atoms with E-state index in [1.165, 1.54) is 6.34 Å². The maximum atomic E-state index is 11.9. The van der Waals surface area contributed by atoms with E-state index in [-0.39, 0.29) is 4.90 Å². The Hall–Kier alpha value is -2.41. The van der Waals surface area contributed by atoms with Crippen molar-refractivity contribution in [1.29, 1.82) is 0 Å². The molecule has 1 aromatic carbocycles. The number of nitrogen functional groups attached to an aromatic ring is 1. The molecule has 0 fully saturated rings. The predicted molar refractivity (Wildman–Crippen MR) is 77.0 cm³/mol. The Labute approximate surface area is 116 Å². The van der Waals surface area contributed by atoms with Crippen molar-refractivity contribution in [1.82, 2.24) is 4.98 Å². The highest BCUT2D eigenvalue weighted by atomic mass is 32.2. The summed E-state index contributed by atoms with van der Waals surface area (Å²) in [4.78, 5) is 6.14. The molecule has 0 amide bonds. The average Bonchev–Trinajstić information content (AvgIpc) is 2.43. The van der Waals surface area contributed by atoms with E-state index in [1.807, 2.05) is 6.07 Å². The summed E-state index contributed by atoms with van der Waals surface area (Å²) in [6, 6.07) is 12.1. The van der Waals surface area contributed by atoms with Gasteiger partial charge in [-0.1, -0.05) is 18.2 Å². The molecule has 6 nitrogen and oxygen atoms in total. The van der Waals surface area contributed by atoms with Crippen molar-refractivity contribution in [3.63, 3.8) is 0 Å². The summed E-state index contributed by atoms with van der Waals surface area (Å²) in [7, 11) is -3.59. The molecule has 2 N–H and O–H groups in total. The Morgan fingerprint density at radius 3 is 2.70 bits per heavy atom. The van der Waals surface area contributed by atoms with Crippen molar-refractivity contribution >= 4 is 27.9 Å². The zero-order valence-corrected chi connectivity index (χ0v) is 11.3. The minimum absolute atomic E-state index is 0.200. The molecule has 0 spiro atoms. The lowest BCUT2D eigenvalue weighted by atomic mass is 10.2. The van der Waals surface area contributed by atoms with E-state index in [9.17, 15) is 8.42 Å². The first kappa shape index (κ1) is 12.6. The summed E-state index contributed by atoms with van der Waals surface area (Å²) < 4.78 is 27.3. The fourth-order valence-corrected chi connectivity index (χ4v) is 3.09. The summed E-state index contributed by atoms with van der Waals surface area (Å²) in [5, 5.41) is 0. The minimum atomic E-state index is -3.59. The van der Waals surface area contributed by atoms with Crippen molar-refractivity contribution in [2.75, 3.05) is 10.6 Å². The highest BCUT2D eigenvalue weighted by molar-refractivity contribution is 7.90. The number of para-hydroxylation sites is 1. The largest absolute Gasteiger partial charge is 0.384 e. The van der Waals surface area contributed by atoms with Gasteiger partial charge in [0.05, 0.1) is 17.9 Å². The second-order valence-electron chi connectivity index (χ2n) is 4.35. The zero-order chi connectivity index (χ0) is 14.2. The molecule has 1 aromatic heterocycles. The van der Waals surface area contributed by atoms with E-state index in [4.69, 9.17) is 5.73 Å². The number of benzene rings is 1. The number of rotatable bonds is 2. The number of fused-ring (bicyclic) bond motifs is 1. The van der Waals surface area contributed by atoms with Crippen molar-refractivity contribution in [2.24, 2.45) is 4.40 Å². The van der Waals surface area contributed by atoms with E-state index < -0.39 is 10.0 Å². The van der Waals surface area contributed by atoms with Gasteiger partial charge in [0.15, 0.2) is 0 Å². The van der Waals surface area contributed by atoms with E-state index in [2.05, 4.69) is 9.38 Å². The number of sulfonamides is 1. The van der Waals surface area contributed by atoms with Gasteiger partial charge in [-0.05, 0) is 24.3 Å². The first-order valence-corrected chi connectivity index (χ1v) is 7.38. The molecule has 1 aliphatic heterocycles. The predicted octanol–water partition coefficient (Wildman–Crippen LogP) is 1.40. The second kappa shape index (κ2) is 4.61. The number of hydrogen-bond donors (Lipinski definition) is 1. The lowest BCUT2D eigenvalue weighted by molar-refractivity contribution is 0.597. The Morgan fingerprint density at radius 2 is 1.90 bits per heavy atom. The van der Waals surface area contributed by atoms with Gasteiger partial charge < -0.3 is 10.6 Å². The van der Waals surface area contributed by atoms with Gasteiger partial charge in [-0.3, -0.25) is 0 Å². The summed E-state index contributed by atoms with van der Waals surface area (Å²) in [6.45, 7) is 0.404. The van der Waals surface area contributed by atoms with Gasteiger partial charge in [-0.2, -0.15) is 8.42 Å². The molecule has 2 heterocycles. The summed E-state index contributed by atoms with van der Waals surface area (Å²) in [5.74, 6) is 0.428. The lowest BCUT2D eigenvalue weighted by Gasteiger charge is -2.24. The maximum absolute atomic E-state index is 11.9. The van der Waals surface area contributed by atoms with Gasteiger partial charge in [0.2, 0.25) is 0 Å². The monoisotopic (exact) mass is 288 g/mol. The summed E-state index contributed by atoms with van der Waals surface area (Å²) in [6.07, 6.45) is 1.31. The van der Waals surface area contributed by atoms with Crippen LogP contribution in [0.4, 0.5) is 11.5 Å². The summed E-state index contributed by atoms with van der Waals surface area (Å²) in [5.41, 5.74) is 6.97. The Balaban J connectivity index is 2.00. The Morgan fingerprint density at radius 1 is 1.10 bits per heavy atom. The van der Waals surface area contributed by atoms with Gasteiger partial charge in [-0.15, -0.1) is 4.40 Å². The first-order chi connectivity index (χ1) is 9.56. The molecule has 20 heavy (non-hydrogen) atoms. The molecule has 0 radical (unpaired) electrons. The molecule has 0 bridgehead atoms. The van der Waals surface area contributed by atoms with Crippen LogP contribution < -0.4 is 10.6 Å². The zero-order valence-electron chi connectivity index (χ0n) is 10.5. The number of nitrogens with two attached hydrogens (primary N) is 1. The fourth-order valence-electron chi connectivity index (χ4n) is 2.04. The van der Waals surface area contributed by atoms with E-state index in [0.717, 1.165) is 5.69 Å². The van der Waals surface area contributed by atoms with E-state index in [0.29, 0.717) is 18.1 Å². The lowest BCUT2D eigenvalue weighted by Crippen LogP contribution is -2.27. The van der Waals surface area contributed by atoms with Crippen molar-refractivity contribution in [3.8, 4) is 0 Å². The molecular formula is C13H12N4O2S. The molecule has 0 unspecified atom stereocenters. The van der Waals surface area contributed by atoms with Gasteiger partial charge in [0.1, 0.15) is 17.1 Å². The quantitative estimate of drug-likeness (QED) is 0.902. The van der Waals surface area contributed by atoms with E-state index >= 15 is 0 Å². The third-order valence-electron chi connectivity index (χ3n) is 2.94. The molecule has 3 rings (SSSR count). The molecule has 0 saturated heterocycles. The van der Waals surface area contributed by atoms with Crippen LogP contribution >= 0.6 is 0 Å². The average molecular weight is 288 g/mol. The number of hydrogen-bond acceptors (Lipinski definition) is 5. The van der Waals surface area contributed by atoms with Gasteiger partial charge >= 0.3 is 0 Å². The molecule has 102 valence electrons. The topological polar surface area (TPSA) is 88.6 Å². The van der Waals surface area contributed by atoms with Crippen LogP contribution in [0.15, 0.2) is 51.8 Å². The van der Waals surface area contributed by atoms with Crippen LogP contribution in [0.3, 0.4) is 0 Å².